The van der Waals surface area contributed by atoms with Gasteiger partial charge in [-0.1, -0.05) is 6.07 Å². The fourth-order valence-electron chi connectivity index (χ4n) is 2.64. The molecule has 0 amide bonds. The lowest BCUT2D eigenvalue weighted by Crippen LogP contribution is -2.27. The van der Waals surface area contributed by atoms with Crippen LogP contribution in [0.1, 0.15) is 11.3 Å². The summed E-state index contributed by atoms with van der Waals surface area (Å²) in [6, 6.07) is 7.51. The Morgan fingerprint density at radius 2 is 2.22 bits per heavy atom. The Labute approximate surface area is 133 Å². The highest BCUT2D eigenvalue weighted by atomic mass is 16.5. The van der Waals surface area contributed by atoms with Crippen LogP contribution in [-0.2, 0) is 13.0 Å². The standard InChI is InChI=1S/C16H15N5O2/c1-21-6-5-14-13(8-21)16(18-9-17-14)23-12-4-2-3-11(7-12)15-20-19-10-22-15/h2-4,7,9-10H,5-6,8H2,1H3. The summed E-state index contributed by atoms with van der Waals surface area (Å²) in [5, 5.41) is 7.60. The molecule has 116 valence electrons. The van der Waals surface area contributed by atoms with Crippen molar-refractivity contribution in [1.29, 1.82) is 0 Å². The summed E-state index contributed by atoms with van der Waals surface area (Å²) in [4.78, 5) is 10.9. The monoisotopic (exact) mass is 309 g/mol. The number of fused-ring (bicyclic) bond motifs is 1. The molecule has 0 saturated carbocycles. The zero-order valence-electron chi connectivity index (χ0n) is 12.6. The maximum atomic E-state index is 6.00. The number of nitrogens with zero attached hydrogens (tertiary/aromatic N) is 5. The number of benzene rings is 1. The van der Waals surface area contributed by atoms with Gasteiger partial charge in [0.15, 0.2) is 0 Å². The van der Waals surface area contributed by atoms with Gasteiger partial charge < -0.3 is 14.1 Å². The number of hydrogen-bond acceptors (Lipinski definition) is 7. The summed E-state index contributed by atoms with van der Waals surface area (Å²) < 4.78 is 11.2. The molecular formula is C16H15N5O2. The van der Waals surface area contributed by atoms with E-state index in [9.17, 15) is 0 Å². The largest absolute Gasteiger partial charge is 0.439 e. The van der Waals surface area contributed by atoms with E-state index in [0.29, 0.717) is 17.5 Å². The first-order chi connectivity index (χ1) is 11.3. The summed E-state index contributed by atoms with van der Waals surface area (Å²) in [6.07, 6.45) is 3.77. The van der Waals surface area contributed by atoms with Gasteiger partial charge in [0, 0.05) is 25.1 Å². The Morgan fingerprint density at radius 1 is 1.26 bits per heavy atom. The van der Waals surface area contributed by atoms with Gasteiger partial charge in [-0.25, -0.2) is 9.97 Å². The van der Waals surface area contributed by atoms with E-state index in [-0.39, 0.29) is 0 Å². The quantitative estimate of drug-likeness (QED) is 0.734. The van der Waals surface area contributed by atoms with E-state index in [1.165, 1.54) is 6.39 Å². The molecule has 0 fully saturated rings. The molecule has 0 spiro atoms. The second-order valence-electron chi connectivity index (χ2n) is 5.47. The number of ether oxygens (including phenoxy) is 1. The van der Waals surface area contributed by atoms with E-state index < -0.39 is 0 Å². The van der Waals surface area contributed by atoms with Crippen molar-refractivity contribution in [1.82, 2.24) is 25.1 Å². The molecule has 1 aromatic carbocycles. The fourth-order valence-corrected chi connectivity index (χ4v) is 2.64. The lowest BCUT2D eigenvalue weighted by Gasteiger charge is -2.25. The molecule has 0 N–H and O–H groups in total. The topological polar surface area (TPSA) is 77.2 Å². The fraction of sp³-hybridized carbons (Fsp3) is 0.250. The number of aromatic nitrogens is 4. The van der Waals surface area contributed by atoms with Gasteiger partial charge in [0.2, 0.25) is 18.2 Å². The second-order valence-corrected chi connectivity index (χ2v) is 5.47. The Hall–Kier alpha value is -2.80. The van der Waals surface area contributed by atoms with E-state index in [2.05, 4.69) is 32.1 Å². The van der Waals surface area contributed by atoms with Crippen LogP contribution in [0.25, 0.3) is 11.5 Å². The lowest BCUT2D eigenvalue weighted by atomic mass is 10.1. The highest BCUT2D eigenvalue weighted by Crippen LogP contribution is 2.30. The van der Waals surface area contributed by atoms with Crippen molar-refractivity contribution in [2.45, 2.75) is 13.0 Å². The van der Waals surface area contributed by atoms with Crippen molar-refractivity contribution < 1.29 is 9.15 Å². The number of likely N-dealkylation sites (N-methyl/N-ethyl adjacent to an activating group) is 1. The second kappa shape index (κ2) is 5.77. The van der Waals surface area contributed by atoms with Crippen LogP contribution in [0.3, 0.4) is 0 Å². The third kappa shape index (κ3) is 2.78. The molecule has 0 radical (unpaired) electrons. The highest BCUT2D eigenvalue weighted by Gasteiger charge is 2.20. The molecule has 0 saturated heterocycles. The van der Waals surface area contributed by atoms with Crippen LogP contribution in [0, 0.1) is 0 Å². The molecule has 23 heavy (non-hydrogen) atoms. The molecule has 3 heterocycles. The Kier molecular flexibility index (Phi) is 3.47. The average Bonchev–Trinajstić information content (AvgIpc) is 3.10. The summed E-state index contributed by atoms with van der Waals surface area (Å²) >= 11 is 0. The van der Waals surface area contributed by atoms with Gasteiger partial charge in [0.1, 0.15) is 12.1 Å². The first-order valence-corrected chi connectivity index (χ1v) is 7.35. The van der Waals surface area contributed by atoms with Crippen LogP contribution in [0.5, 0.6) is 11.6 Å². The normalized spacial score (nSPS) is 14.5. The van der Waals surface area contributed by atoms with Crippen LogP contribution in [-0.4, -0.2) is 38.7 Å². The minimum atomic E-state index is 0.458. The molecule has 0 unspecified atom stereocenters. The molecule has 4 rings (SSSR count). The van der Waals surface area contributed by atoms with E-state index in [1.54, 1.807) is 6.33 Å². The predicted molar refractivity (Wildman–Crippen MR) is 81.9 cm³/mol. The summed E-state index contributed by atoms with van der Waals surface area (Å²) in [6.45, 7) is 1.78. The SMILES string of the molecule is CN1CCc2ncnc(Oc3cccc(-c4nnco4)c3)c2C1. The van der Waals surface area contributed by atoms with Gasteiger partial charge in [0.05, 0.1) is 11.3 Å². The van der Waals surface area contributed by atoms with Gasteiger partial charge in [-0.3, -0.25) is 0 Å². The van der Waals surface area contributed by atoms with Crippen LogP contribution < -0.4 is 4.74 Å². The van der Waals surface area contributed by atoms with Crippen molar-refractivity contribution >= 4 is 0 Å². The van der Waals surface area contributed by atoms with Gasteiger partial charge >= 0.3 is 0 Å². The van der Waals surface area contributed by atoms with Crippen molar-refractivity contribution in [3.63, 3.8) is 0 Å². The molecule has 1 aliphatic heterocycles. The van der Waals surface area contributed by atoms with Crippen molar-refractivity contribution in [2.24, 2.45) is 0 Å². The molecule has 1 aliphatic rings. The molecule has 7 nitrogen and oxygen atoms in total. The van der Waals surface area contributed by atoms with E-state index in [1.807, 2.05) is 24.3 Å². The van der Waals surface area contributed by atoms with Gasteiger partial charge in [-0.05, 0) is 25.2 Å². The van der Waals surface area contributed by atoms with Crippen LogP contribution in [0.15, 0.2) is 41.4 Å². The van der Waals surface area contributed by atoms with Crippen molar-refractivity contribution in [3.8, 4) is 23.1 Å². The minimum absolute atomic E-state index is 0.458. The first kappa shape index (κ1) is 13.8. The summed E-state index contributed by atoms with van der Waals surface area (Å²) in [5.41, 5.74) is 2.91. The van der Waals surface area contributed by atoms with Crippen LogP contribution in [0.4, 0.5) is 0 Å². The Bertz CT molecular complexity index is 819. The number of hydrogen-bond donors (Lipinski definition) is 0. The van der Waals surface area contributed by atoms with E-state index in [4.69, 9.17) is 9.15 Å². The lowest BCUT2D eigenvalue weighted by molar-refractivity contribution is 0.300. The summed E-state index contributed by atoms with van der Waals surface area (Å²) in [7, 11) is 2.08. The molecule has 2 aromatic heterocycles. The summed E-state index contributed by atoms with van der Waals surface area (Å²) in [5.74, 6) is 1.74. The Balaban J connectivity index is 1.65. The zero-order valence-corrected chi connectivity index (χ0v) is 12.6. The average molecular weight is 309 g/mol. The van der Waals surface area contributed by atoms with Gasteiger partial charge in [-0.15, -0.1) is 10.2 Å². The molecule has 7 heteroatoms. The maximum Gasteiger partial charge on any atom is 0.247 e. The van der Waals surface area contributed by atoms with Crippen LogP contribution in [0.2, 0.25) is 0 Å². The Morgan fingerprint density at radius 3 is 3.09 bits per heavy atom. The van der Waals surface area contributed by atoms with Crippen LogP contribution >= 0.6 is 0 Å². The smallest absolute Gasteiger partial charge is 0.247 e. The first-order valence-electron chi connectivity index (χ1n) is 7.35. The van der Waals surface area contributed by atoms with E-state index >= 15 is 0 Å². The molecule has 0 bridgehead atoms. The van der Waals surface area contributed by atoms with Crippen molar-refractivity contribution in [3.05, 3.63) is 48.2 Å². The third-order valence-electron chi connectivity index (χ3n) is 3.81. The zero-order chi connectivity index (χ0) is 15.6. The molecule has 0 aliphatic carbocycles. The van der Waals surface area contributed by atoms with Gasteiger partial charge in [0.25, 0.3) is 0 Å². The predicted octanol–water partition coefficient (Wildman–Crippen LogP) is 2.31. The molecule has 0 atom stereocenters. The minimum Gasteiger partial charge on any atom is -0.439 e. The van der Waals surface area contributed by atoms with Gasteiger partial charge in [-0.2, -0.15) is 0 Å². The maximum absolute atomic E-state index is 6.00. The highest BCUT2D eigenvalue weighted by molar-refractivity contribution is 5.55. The molecular weight excluding hydrogens is 294 g/mol. The third-order valence-corrected chi connectivity index (χ3v) is 3.81. The van der Waals surface area contributed by atoms with Crippen molar-refractivity contribution in [2.75, 3.05) is 13.6 Å². The van der Waals surface area contributed by atoms with E-state index in [0.717, 1.165) is 36.3 Å². The number of rotatable bonds is 3. The molecule has 3 aromatic rings.